The van der Waals surface area contributed by atoms with Crippen molar-refractivity contribution < 1.29 is 4.79 Å². The quantitative estimate of drug-likeness (QED) is 0.343. The minimum absolute atomic E-state index is 0.189. The van der Waals surface area contributed by atoms with Crippen LogP contribution < -0.4 is 5.32 Å². The molecule has 9 heteroatoms. The second kappa shape index (κ2) is 8.79. The van der Waals surface area contributed by atoms with E-state index in [1.54, 1.807) is 11.3 Å². The average molecular weight is 501 g/mol. The summed E-state index contributed by atoms with van der Waals surface area (Å²) in [6, 6.07) is 19.6. The Balaban J connectivity index is 1.33. The number of aryl methyl sites for hydroxylation is 1. The van der Waals surface area contributed by atoms with Crippen LogP contribution in [0.5, 0.6) is 0 Å². The molecule has 6 rings (SSSR count). The molecule has 5 aromatic rings. The van der Waals surface area contributed by atoms with E-state index in [4.69, 9.17) is 16.6 Å². The van der Waals surface area contributed by atoms with Gasteiger partial charge in [0.1, 0.15) is 17.2 Å². The molecule has 0 fully saturated rings. The second-order valence-corrected chi connectivity index (χ2v) is 9.83. The van der Waals surface area contributed by atoms with Crippen LogP contribution in [0.4, 0.5) is 0 Å². The van der Waals surface area contributed by atoms with E-state index in [0.29, 0.717) is 23.1 Å². The first-order valence-electron chi connectivity index (χ1n) is 11.3. The van der Waals surface area contributed by atoms with Crippen LogP contribution in [0.15, 0.2) is 65.7 Å². The summed E-state index contributed by atoms with van der Waals surface area (Å²) in [5, 5.41) is 14.5. The molecule has 0 unspecified atom stereocenters. The van der Waals surface area contributed by atoms with Gasteiger partial charge >= 0.3 is 0 Å². The molecule has 2 N–H and O–H groups in total. The number of hydrogen-bond donors (Lipinski definition) is 2. The standard InChI is InChI=1S/C26H21ClN6OS/c1-2-18-12-19-24(15-7-9-17(27)10-8-15)28-13-22-31-32-23(33(22)26(19)35-18)14-29-25(34)21-11-16-5-3-4-6-20(16)30-21/h3-12,30H,2,13-14H2,1H3,(H,29,34). The molecule has 35 heavy (non-hydrogen) atoms. The van der Waals surface area contributed by atoms with Crippen molar-refractivity contribution in [1.82, 2.24) is 25.1 Å². The predicted molar refractivity (Wildman–Crippen MR) is 139 cm³/mol. The van der Waals surface area contributed by atoms with Crippen LogP contribution >= 0.6 is 22.9 Å². The van der Waals surface area contributed by atoms with Crippen LogP contribution in [0.25, 0.3) is 15.9 Å². The lowest BCUT2D eigenvalue weighted by Crippen LogP contribution is -2.25. The van der Waals surface area contributed by atoms with E-state index in [2.05, 4.69) is 33.5 Å². The van der Waals surface area contributed by atoms with Crippen molar-refractivity contribution in [3.63, 3.8) is 0 Å². The van der Waals surface area contributed by atoms with Crippen molar-refractivity contribution in [2.24, 2.45) is 4.99 Å². The Hall–Kier alpha value is -3.75. The Bertz CT molecular complexity index is 1560. The van der Waals surface area contributed by atoms with Gasteiger partial charge in [-0.2, -0.15) is 0 Å². The number of nitrogens with zero attached hydrogens (tertiary/aromatic N) is 4. The van der Waals surface area contributed by atoms with E-state index in [-0.39, 0.29) is 12.5 Å². The number of aliphatic imine (C=N–C) groups is 1. The van der Waals surface area contributed by atoms with Gasteiger partial charge < -0.3 is 10.3 Å². The van der Waals surface area contributed by atoms with Gasteiger partial charge in [-0.3, -0.25) is 14.4 Å². The van der Waals surface area contributed by atoms with Crippen molar-refractivity contribution in [3.05, 3.63) is 99.0 Å². The van der Waals surface area contributed by atoms with Crippen LogP contribution in [0.1, 0.15) is 45.1 Å². The molecule has 0 radical (unpaired) electrons. The Morgan fingerprint density at radius 1 is 1.14 bits per heavy atom. The highest BCUT2D eigenvalue weighted by Gasteiger charge is 2.25. The first kappa shape index (κ1) is 21.8. The summed E-state index contributed by atoms with van der Waals surface area (Å²) in [5.74, 6) is 1.23. The molecule has 0 spiro atoms. The summed E-state index contributed by atoms with van der Waals surface area (Å²) in [6.45, 7) is 2.78. The van der Waals surface area contributed by atoms with Gasteiger partial charge in [0, 0.05) is 31.9 Å². The van der Waals surface area contributed by atoms with Gasteiger partial charge in [0.05, 0.1) is 12.3 Å². The van der Waals surface area contributed by atoms with E-state index in [1.165, 1.54) is 4.88 Å². The largest absolute Gasteiger partial charge is 0.351 e. The number of thiophene rings is 1. The molecule has 1 aliphatic rings. The normalized spacial score (nSPS) is 12.7. The molecule has 0 atom stereocenters. The maximum absolute atomic E-state index is 12.9. The molecule has 0 aliphatic carbocycles. The Morgan fingerprint density at radius 2 is 1.97 bits per heavy atom. The summed E-state index contributed by atoms with van der Waals surface area (Å²) >= 11 is 7.82. The lowest BCUT2D eigenvalue weighted by Gasteiger charge is -2.09. The molecule has 0 saturated carbocycles. The van der Waals surface area contributed by atoms with Gasteiger partial charge in [-0.15, -0.1) is 21.5 Å². The molecule has 1 amide bonds. The number of carbonyl (C=O) groups excluding carboxylic acids is 1. The van der Waals surface area contributed by atoms with Gasteiger partial charge in [-0.05, 0) is 36.8 Å². The summed E-state index contributed by atoms with van der Waals surface area (Å²) in [7, 11) is 0. The van der Waals surface area contributed by atoms with Gasteiger partial charge in [0.15, 0.2) is 11.6 Å². The number of rotatable bonds is 5. The van der Waals surface area contributed by atoms with Crippen LogP contribution in [-0.4, -0.2) is 31.4 Å². The number of amides is 1. The number of aromatic amines is 1. The number of halogens is 1. The van der Waals surface area contributed by atoms with Crippen LogP contribution in [0.2, 0.25) is 5.02 Å². The van der Waals surface area contributed by atoms with Gasteiger partial charge in [-0.25, -0.2) is 0 Å². The molecule has 3 aromatic heterocycles. The number of aromatic nitrogens is 4. The zero-order chi connectivity index (χ0) is 23.9. The lowest BCUT2D eigenvalue weighted by molar-refractivity contribution is 0.0945. The first-order valence-corrected chi connectivity index (χ1v) is 12.5. The third-order valence-electron chi connectivity index (χ3n) is 6.05. The fourth-order valence-electron chi connectivity index (χ4n) is 4.29. The third-order valence-corrected chi connectivity index (χ3v) is 7.56. The van der Waals surface area contributed by atoms with Crippen molar-refractivity contribution in [2.45, 2.75) is 26.4 Å². The smallest absolute Gasteiger partial charge is 0.268 e. The number of H-pyrrole nitrogens is 1. The van der Waals surface area contributed by atoms with Crippen molar-refractivity contribution in [2.75, 3.05) is 0 Å². The molecule has 7 nitrogen and oxygen atoms in total. The molecular formula is C26H21ClN6OS. The first-order chi connectivity index (χ1) is 17.1. The van der Waals surface area contributed by atoms with Gasteiger partial charge in [0.2, 0.25) is 0 Å². The topological polar surface area (TPSA) is 88.0 Å². The number of carbonyl (C=O) groups is 1. The molecule has 1 aliphatic heterocycles. The fraction of sp³-hybridized carbons (Fsp3) is 0.154. The summed E-state index contributed by atoms with van der Waals surface area (Å²) in [4.78, 5) is 22.2. The Kier molecular flexibility index (Phi) is 5.47. The average Bonchev–Trinajstić information content (AvgIpc) is 3.58. The number of para-hydroxylation sites is 1. The minimum Gasteiger partial charge on any atom is -0.351 e. The van der Waals surface area contributed by atoms with Gasteiger partial charge in [-0.1, -0.05) is 48.9 Å². The highest BCUT2D eigenvalue weighted by Crippen LogP contribution is 2.33. The van der Waals surface area contributed by atoms with E-state index in [0.717, 1.165) is 45.0 Å². The number of fused-ring (bicyclic) bond motifs is 4. The Labute approximate surface area is 210 Å². The number of nitrogens with one attached hydrogen (secondary N) is 2. The molecule has 0 saturated heterocycles. The molecule has 4 heterocycles. The zero-order valence-corrected chi connectivity index (χ0v) is 20.5. The highest BCUT2D eigenvalue weighted by atomic mass is 35.5. The van der Waals surface area contributed by atoms with Gasteiger partial charge in [0.25, 0.3) is 5.91 Å². The molecule has 174 valence electrons. The van der Waals surface area contributed by atoms with E-state index in [1.807, 2.05) is 59.2 Å². The van der Waals surface area contributed by atoms with E-state index >= 15 is 0 Å². The highest BCUT2D eigenvalue weighted by molar-refractivity contribution is 7.15. The summed E-state index contributed by atoms with van der Waals surface area (Å²) in [5.41, 5.74) is 4.39. The lowest BCUT2D eigenvalue weighted by atomic mass is 10.0. The minimum atomic E-state index is -0.189. The van der Waals surface area contributed by atoms with Crippen molar-refractivity contribution >= 4 is 45.5 Å². The number of hydrogen-bond acceptors (Lipinski definition) is 5. The van der Waals surface area contributed by atoms with E-state index < -0.39 is 0 Å². The molecule has 0 bridgehead atoms. The molecule has 2 aromatic carbocycles. The second-order valence-electron chi connectivity index (χ2n) is 8.28. The van der Waals surface area contributed by atoms with Crippen molar-refractivity contribution in [1.29, 1.82) is 0 Å². The summed E-state index contributed by atoms with van der Waals surface area (Å²) in [6.07, 6.45) is 0.912. The summed E-state index contributed by atoms with van der Waals surface area (Å²) < 4.78 is 2.04. The molecular weight excluding hydrogens is 480 g/mol. The SMILES string of the molecule is CCc1cc2c(s1)-n1c(nnc1CNC(=O)c1cc3ccccc3[nH]1)CN=C2c1ccc(Cl)cc1. The van der Waals surface area contributed by atoms with Crippen LogP contribution in [-0.2, 0) is 19.5 Å². The van der Waals surface area contributed by atoms with Crippen molar-refractivity contribution in [3.8, 4) is 5.00 Å². The monoisotopic (exact) mass is 500 g/mol. The maximum atomic E-state index is 12.9. The van der Waals surface area contributed by atoms with Crippen LogP contribution in [0.3, 0.4) is 0 Å². The van der Waals surface area contributed by atoms with E-state index in [9.17, 15) is 4.79 Å². The fourth-order valence-corrected chi connectivity index (χ4v) is 5.55. The zero-order valence-electron chi connectivity index (χ0n) is 18.9. The number of benzene rings is 2. The Morgan fingerprint density at radius 3 is 2.77 bits per heavy atom. The maximum Gasteiger partial charge on any atom is 0.268 e. The third kappa shape index (κ3) is 3.94. The predicted octanol–water partition coefficient (Wildman–Crippen LogP) is 5.31. The van der Waals surface area contributed by atoms with Crippen LogP contribution in [0, 0.1) is 0 Å².